The van der Waals surface area contributed by atoms with Gasteiger partial charge in [0.2, 0.25) is 0 Å². The highest BCUT2D eigenvalue weighted by molar-refractivity contribution is 4.31. The maximum absolute atomic E-state index is 2.23. The lowest BCUT2D eigenvalue weighted by Gasteiger charge is -1.86. The van der Waals surface area contributed by atoms with Gasteiger partial charge >= 0.3 is 0 Å². The fourth-order valence-electron chi connectivity index (χ4n) is 0.854. The lowest BCUT2D eigenvalue weighted by Crippen LogP contribution is -1.66. The van der Waals surface area contributed by atoms with Gasteiger partial charge < -0.3 is 0 Å². The summed E-state index contributed by atoms with van der Waals surface area (Å²) in [7, 11) is 0. The van der Waals surface area contributed by atoms with Crippen molar-refractivity contribution in [1.82, 2.24) is 0 Å². The molecule has 0 radical (unpaired) electrons. The molecule has 0 spiro atoms. The molecule has 20 heavy (non-hydrogen) atoms. The molecule has 0 aliphatic rings. The smallest absolute Gasteiger partial charge is 0.0536 e. The molecule has 0 aliphatic heterocycles. The van der Waals surface area contributed by atoms with Gasteiger partial charge in [-0.1, -0.05) is 133 Å². The van der Waals surface area contributed by atoms with Crippen molar-refractivity contribution in [2.45, 2.75) is 133 Å². The highest BCUT2D eigenvalue weighted by atomic mass is 13.8. The van der Waals surface area contributed by atoms with Crippen molar-refractivity contribution >= 4 is 0 Å². The normalized spacial score (nSPS) is 7.50. The van der Waals surface area contributed by atoms with Gasteiger partial charge in [0, 0.05) is 0 Å². The summed E-state index contributed by atoms with van der Waals surface area (Å²) in [5.74, 6) is 0. The Morgan fingerprint density at radius 2 is 0.450 bits per heavy atom. The van der Waals surface area contributed by atoms with Crippen molar-refractivity contribution in [1.29, 1.82) is 0 Å². The molecule has 0 fully saturated rings. The fourth-order valence-corrected chi connectivity index (χ4v) is 0.854. The van der Waals surface area contributed by atoms with Crippen LogP contribution in [0.5, 0.6) is 0 Å². The van der Waals surface area contributed by atoms with Gasteiger partial charge in [0.25, 0.3) is 0 Å². The first kappa shape index (κ1) is 32.1. The largest absolute Gasteiger partial charge is 0.0656 e. The van der Waals surface area contributed by atoms with Gasteiger partial charge in [-0.15, -0.1) is 0 Å². The second kappa shape index (κ2) is 61.6. The van der Waals surface area contributed by atoms with E-state index >= 15 is 0 Å². The van der Waals surface area contributed by atoms with E-state index in [0.29, 0.717) is 0 Å². The summed E-state index contributed by atoms with van der Waals surface area (Å²) in [6, 6.07) is 0. The molecule has 0 bridgehead atoms. The van der Waals surface area contributed by atoms with Crippen molar-refractivity contribution in [3.63, 3.8) is 0 Å². The summed E-state index contributed by atoms with van der Waals surface area (Å²) in [4.78, 5) is 0. The van der Waals surface area contributed by atoms with E-state index in [1.165, 1.54) is 64.2 Å². The summed E-state index contributed by atoms with van der Waals surface area (Å²) in [5.41, 5.74) is 0. The molecule has 0 aromatic rings. The van der Waals surface area contributed by atoms with Crippen LogP contribution in [0.3, 0.4) is 0 Å². The quantitative estimate of drug-likeness (QED) is 0.443. The van der Waals surface area contributed by atoms with Crippen molar-refractivity contribution in [3.05, 3.63) is 0 Å². The van der Waals surface area contributed by atoms with Gasteiger partial charge in [-0.25, -0.2) is 0 Å². The summed E-state index contributed by atoms with van der Waals surface area (Å²) in [6.45, 7) is 21.6. The molecule has 0 aromatic heterocycles. The van der Waals surface area contributed by atoms with E-state index in [0.717, 1.165) is 0 Å². The number of unbranched alkanes of at least 4 members (excludes halogenated alkanes) is 5. The van der Waals surface area contributed by atoms with Crippen LogP contribution in [-0.4, -0.2) is 0 Å². The molecular weight excluding hydrogens is 240 g/mol. The molecule has 0 nitrogen and oxygen atoms in total. The van der Waals surface area contributed by atoms with Crippen LogP contribution in [0.2, 0.25) is 0 Å². The van der Waals surface area contributed by atoms with Gasteiger partial charge in [0.1, 0.15) is 0 Å². The van der Waals surface area contributed by atoms with Crippen LogP contribution in [0.15, 0.2) is 0 Å². The molecule has 0 atom stereocenters. The first-order valence-corrected chi connectivity index (χ1v) is 9.57. The van der Waals surface area contributed by atoms with E-state index in [1.54, 1.807) is 0 Å². The van der Waals surface area contributed by atoms with Crippen LogP contribution in [0.1, 0.15) is 133 Å². The predicted molar refractivity (Wildman–Crippen MR) is 103 cm³/mol. The van der Waals surface area contributed by atoms with Gasteiger partial charge in [0.05, 0.1) is 0 Å². The standard InChI is InChI=1S/C6H14.C5H12.3C3H8/c1-3-5-6-4-2;1-3-5-4-2;3*1-3-2/h3-6H2,1-2H3;3-5H2,1-2H3;3*3H2,1-2H3. The van der Waals surface area contributed by atoms with E-state index in [9.17, 15) is 0 Å². The third kappa shape index (κ3) is 208. The van der Waals surface area contributed by atoms with Crippen LogP contribution in [-0.2, 0) is 0 Å². The molecule has 0 aromatic carbocycles. The van der Waals surface area contributed by atoms with E-state index in [1.807, 2.05) is 0 Å². The Balaban J connectivity index is -0.0000000488. The average Bonchev–Trinajstić information content (AvgIpc) is 2.41. The van der Waals surface area contributed by atoms with Gasteiger partial charge in [0.15, 0.2) is 0 Å². The first-order chi connectivity index (χ1) is 9.57. The predicted octanol–water partition coefficient (Wildman–Crippen LogP) is 9.03. The van der Waals surface area contributed by atoms with Crippen LogP contribution in [0, 0.1) is 0 Å². The summed E-state index contributed by atoms with van der Waals surface area (Å²) >= 11 is 0. The molecule has 0 heterocycles. The molecule has 0 saturated heterocycles. The Morgan fingerprint density at radius 1 is 0.300 bits per heavy atom. The third-order valence-electron chi connectivity index (χ3n) is 1.66. The molecule has 130 valence electrons. The molecule has 0 heteroatoms. The van der Waals surface area contributed by atoms with Crippen LogP contribution in [0.25, 0.3) is 0 Å². The minimum Gasteiger partial charge on any atom is -0.0656 e. The zero-order chi connectivity index (χ0) is 17.1. The van der Waals surface area contributed by atoms with Crippen molar-refractivity contribution in [3.8, 4) is 0 Å². The second-order valence-corrected chi connectivity index (χ2v) is 5.18. The highest BCUT2D eigenvalue weighted by Gasteiger charge is 1.75. The van der Waals surface area contributed by atoms with Gasteiger partial charge in [-0.05, 0) is 0 Å². The number of rotatable bonds is 5. The van der Waals surface area contributed by atoms with Gasteiger partial charge in [-0.2, -0.15) is 0 Å². The Labute approximate surface area is 134 Å². The molecule has 0 N–H and O–H groups in total. The lowest BCUT2D eigenvalue weighted by atomic mass is 10.2. The fraction of sp³-hybridized carbons (Fsp3) is 1.00. The summed E-state index contributed by atoms with van der Waals surface area (Å²) < 4.78 is 0. The molecule has 0 saturated carbocycles. The summed E-state index contributed by atoms with van der Waals surface area (Å²) in [5, 5.41) is 0. The molecule has 0 amide bonds. The molecule has 0 aliphatic carbocycles. The number of hydrogen-bond donors (Lipinski definition) is 0. The molecular formula is C20H50. The Bertz CT molecular complexity index is 55.7. The lowest BCUT2D eigenvalue weighted by molar-refractivity contribution is 0.702. The molecule has 0 rings (SSSR count). The van der Waals surface area contributed by atoms with E-state index < -0.39 is 0 Å². The van der Waals surface area contributed by atoms with E-state index in [4.69, 9.17) is 0 Å². The Hall–Kier alpha value is 0. The van der Waals surface area contributed by atoms with E-state index in [-0.39, 0.29) is 0 Å². The topological polar surface area (TPSA) is 0 Å². The maximum Gasteiger partial charge on any atom is -0.0536 e. The van der Waals surface area contributed by atoms with Crippen LogP contribution < -0.4 is 0 Å². The minimum absolute atomic E-state index is 1.25. The van der Waals surface area contributed by atoms with Gasteiger partial charge in [-0.3, -0.25) is 0 Å². The van der Waals surface area contributed by atoms with Crippen LogP contribution >= 0.6 is 0 Å². The third-order valence-corrected chi connectivity index (χ3v) is 1.66. The van der Waals surface area contributed by atoms with Crippen molar-refractivity contribution in [2.75, 3.05) is 0 Å². The minimum atomic E-state index is 1.25. The second-order valence-electron chi connectivity index (χ2n) is 5.18. The summed E-state index contributed by atoms with van der Waals surface area (Å²) in [6.07, 6.45) is 13.4. The Kier molecular flexibility index (Phi) is 98.8. The SMILES string of the molecule is CCC.CCC.CCC.CCCCC.CCCCCC. The molecule has 0 unspecified atom stereocenters. The average molecular weight is 291 g/mol. The van der Waals surface area contributed by atoms with Crippen LogP contribution in [0.4, 0.5) is 0 Å². The Morgan fingerprint density at radius 3 is 0.500 bits per heavy atom. The van der Waals surface area contributed by atoms with Crippen molar-refractivity contribution in [2.24, 2.45) is 0 Å². The van der Waals surface area contributed by atoms with Crippen molar-refractivity contribution < 1.29 is 0 Å². The number of hydrogen-bond acceptors (Lipinski definition) is 0. The first-order valence-electron chi connectivity index (χ1n) is 9.57. The maximum atomic E-state index is 2.23. The zero-order valence-corrected chi connectivity index (χ0v) is 17.1. The monoisotopic (exact) mass is 290 g/mol. The highest BCUT2D eigenvalue weighted by Crippen LogP contribution is 1.95. The zero-order valence-electron chi connectivity index (χ0n) is 17.1. The van der Waals surface area contributed by atoms with E-state index in [2.05, 4.69) is 69.2 Å².